The van der Waals surface area contributed by atoms with Gasteiger partial charge in [-0.15, -0.1) is 0 Å². The van der Waals surface area contributed by atoms with Gasteiger partial charge in [0, 0.05) is 12.3 Å². The topological polar surface area (TPSA) is 77.2 Å². The van der Waals surface area contributed by atoms with Gasteiger partial charge in [-0.2, -0.15) is 9.78 Å². The maximum atomic E-state index is 13.0. The van der Waals surface area contributed by atoms with Crippen molar-refractivity contribution in [3.63, 3.8) is 0 Å². The number of nitrogens with zero attached hydrogens (tertiary/aromatic N) is 3. The summed E-state index contributed by atoms with van der Waals surface area (Å²) in [4.78, 5) is 15.2. The standard InChI is InChI=1S/C17H14FN3O3/c1-11(12-2-4-14(18)5-3-12)24-16-7-9-20-21(16)15-10-13(17(22)23)6-8-19-15/h2-11H,1H3,(H,22,23)/t11-/m0/s1. The van der Waals surface area contributed by atoms with Gasteiger partial charge in [0.05, 0.1) is 11.8 Å². The molecule has 0 spiro atoms. The molecule has 1 atom stereocenters. The molecule has 24 heavy (non-hydrogen) atoms. The molecular weight excluding hydrogens is 313 g/mol. The van der Waals surface area contributed by atoms with E-state index in [9.17, 15) is 9.18 Å². The summed E-state index contributed by atoms with van der Waals surface area (Å²) in [6.45, 7) is 1.83. The number of benzene rings is 1. The molecule has 3 aromatic rings. The van der Waals surface area contributed by atoms with Gasteiger partial charge in [-0.25, -0.2) is 14.2 Å². The summed E-state index contributed by atoms with van der Waals surface area (Å²) >= 11 is 0. The third-order valence-corrected chi connectivity index (χ3v) is 3.45. The molecule has 2 aromatic heterocycles. The number of carboxylic acid groups (broad SMARTS) is 1. The number of halogens is 1. The second-order valence-electron chi connectivity index (χ2n) is 5.10. The fourth-order valence-electron chi connectivity index (χ4n) is 2.20. The van der Waals surface area contributed by atoms with Gasteiger partial charge in [0.15, 0.2) is 5.82 Å². The smallest absolute Gasteiger partial charge is 0.335 e. The molecule has 0 fully saturated rings. The summed E-state index contributed by atoms with van der Waals surface area (Å²) in [5.41, 5.74) is 0.907. The van der Waals surface area contributed by atoms with Crippen LogP contribution in [0.25, 0.3) is 5.82 Å². The maximum absolute atomic E-state index is 13.0. The normalized spacial score (nSPS) is 11.9. The van der Waals surface area contributed by atoms with Gasteiger partial charge < -0.3 is 9.84 Å². The lowest BCUT2D eigenvalue weighted by Gasteiger charge is -2.15. The molecule has 7 heteroatoms. The Hall–Kier alpha value is -3.22. The van der Waals surface area contributed by atoms with Gasteiger partial charge in [-0.3, -0.25) is 0 Å². The minimum absolute atomic E-state index is 0.105. The van der Waals surface area contributed by atoms with E-state index in [1.165, 1.54) is 41.3 Å². The third-order valence-electron chi connectivity index (χ3n) is 3.45. The first-order valence-corrected chi connectivity index (χ1v) is 7.20. The molecule has 1 N–H and O–H groups in total. The van der Waals surface area contributed by atoms with Crippen LogP contribution in [0.3, 0.4) is 0 Å². The van der Waals surface area contributed by atoms with Gasteiger partial charge >= 0.3 is 5.97 Å². The van der Waals surface area contributed by atoms with E-state index in [-0.39, 0.29) is 17.5 Å². The van der Waals surface area contributed by atoms with Crippen LogP contribution in [-0.2, 0) is 0 Å². The minimum atomic E-state index is -1.05. The molecule has 0 unspecified atom stereocenters. The first kappa shape index (κ1) is 15.7. The van der Waals surface area contributed by atoms with Crippen molar-refractivity contribution in [1.82, 2.24) is 14.8 Å². The minimum Gasteiger partial charge on any atom is -0.478 e. The van der Waals surface area contributed by atoms with E-state index in [2.05, 4.69) is 10.1 Å². The average molecular weight is 327 g/mol. The molecule has 3 rings (SSSR count). The number of hydrogen-bond donors (Lipinski definition) is 1. The summed E-state index contributed by atoms with van der Waals surface area (Å²) in [7, 11) is 0. The van der Waals surface area contributed by atoms with E-state index >= 15 is 0 Å². The number of pyridine rings is 1. The highest BCUT2D eigenvalue weighted by molar-refractivity contribution is 5.87. The highest BCUT2D eigenvalue weighted by atomic mass is 19.1. The van der Waals surface area contributed by atoms with Crippen molar-refractivity contribution in [2.24, 2.45) is 0 Å². The molecule has 0 bridgehead atoms. The van der Waals surface area contributed by atoms with E-state index in [1.807, 2.05) is 6.92 Å². The van der Waals surface area contributed by atoms with Crippen molar-refractivity contribution in [3.05, 3.63) is 71.8 Å². The van der Waals surface area contributed by atoms with E-state index < -0.39 is 5.97 Å². The Balaban J connectivity index is 1.86. The maximum Gasteiger partial charge on any atom is 0.335 e. The molecular formula is C17H14FN3O3. The Labute approximate surface area is 137 Å². The number of ether oxygens (including phenoxy) is 1. The highest BCUT2D eigenvalue weighted by Gasteiger charge is 2.14. The molecule has 6 nitrogen and oxygen atoms in total. The first-order valence-electron chi connectivity index (χ1n) is 7.20. The molecule has 0 radical (unpaired) electrons. The van der Waals surface area contributed by atoms with Crippen molar-refractivity contribution in [1.29, 1.82) is 0 Å². The van der Waals surface area contributed by atoms with Gasteiger partial charge in [0.2, 0.25) is 5.88 Å². The van der Waals surface area contributed by atoms with Crippen LogP contribution in [0.15, 0.2) is 54.9 Å². The first-order chi connectivity index (χ1) is 11.5. The number of rotatable bonds is 5. The predicted molar refractivity (Wildman–Crippen MR) is 83.8 cm³/mol. The van der Waals surface area contributed by atoms with Crippen molar-refractivity contribution in [2.75, 3.05) is 0 Å². The molecule has 0 amide bonds. The van der Waals surface area contributed by atoms with Crippen LogP contribution >= 0.6 is 0 Å². The fourth-order valence-corrected chi connectivity index (χ4v) is 2.20. The average Bonchev–Trinajstić information content (AvgIpc) is 3.03. The van der Waals surface area contributed by atoms with Crippen molar-refractivity contribution < 1.29 is 19.0 Å². The van der Waals surface area contributed by atoms with Crippen molar-refractivity contribution in [2.45, 2.75) is 13.0 Å². The lowest BCUT2D eigenvalue weighted by atomic mass is 10.1. The van der Waals surface area contributed by atoms with Crippen LogP contribution < -0.4 is 4.74 Å². The van der Waals surface area contributed by atoms with Gasteiger partial charge in [-0.1, -0.05) is 12.1 Å². The van der Waals surface area contributed by atoms with Crippen molar-refractivity contribution >= 4 is 5.97 Å². The van der Waals surface area contributed by atoms with E-state index in [4.69, 9.17) is 9.84 Å². The van der Waals surface area contributed by atoms with Crippen LogP contribution in [0.4, 0.5) is 4.39 Å². The zero-order valence-electron chi connectivity index (χ0n) is 12.8. The SMILES string of the molecule is C[C@H](Oc1ccnn1-c1cc(C(=O)O)ccn1)c1ccc(F)cc1. The molecule has 0 saturated heterocycles. The third kappa shape index (κ3) is 3.24. The quantitative estimate of drug-likeness (QED) is 0.778. The van der Waals surface area contributed by atoms with Crippen LogP contribution in [0.5, 0.6) is 5.88 Å². The fraction of sp³-hybridized carbons (Fsp3) is 0.118. The van der Waals surface area contributed by atoms with Gasteiger partial charge in [-0.05, 0) is 36.8 Å². The second-order valence-corrected chi connectivity index (χ2v) is 5.10. The summed E-state index contributed by atoms with van der Waals surface area (Å²) < 4.78 is 20.3. The molecule has 0 aliphatic heterocycles. The molecule has 0 saturated carbocycles. The van der Waals surface area contributed by atoms with E-state index in [1.54, 1.807) is 18.2 Å². The zero-order chi connectivity index (χ0) is 17.1. The largest absolute Gasteiger partial charge is 0.478 e. The van der Waals surface area contributed by atoms with Gasteiger partial charge in [0.25, 0.3) is 0 Å². The molecule has 2 heterocycles. The summed E-state index contributed by atoms with van der Waals surface area (Å²) in [5.74, 6) is -0.623. The highest BCUT2D eigenvalue weighted by Crippen LogP contribution is 2.23. The monoisotopic (exact) mass is 327 g/mol. The Morgan fingerprint density at radius 2 is 1.96 bits per heavy atom. The van der Waals surface area contributed by atoms with Crippen LogP contribution in [0.1, 0.15) is 28.9 Å². The number of carbonyl (C=O) groups is 1. The number of aromatic nitrogens is 3. The summed E-state index contributed by atoms with van der Waals surface area (Å²) in [6, 6.07) is 10.5. The molecule has 122 valence electrons. The lowest BCUT2D eigenvalue weighted by molar-refractivity contribution is 0.0696. The summed E-state index contributed by atoms with van der Waals surface area (Å²) in [5, 5.41) is 13.2. The number of aromatic carboxylic acids is 1. The molecule has 1 aromatic carbocycles. The zero-order valence-corrected chi connectivity index (χ0v) is 12.8. The molecule has 0 aliphatic rings. The number of hydrogen-bond acceptors (Lipinski definition) is 4. The van der Waals surface area contributed by atoms with E-state index in [0.29, 0.717) is 11.7 Å². The Morgan fingerprint density at radius 3 is 2.67 bits per heavy atom. The molecule has 0 aliphatic carbocycles. The van der Waals surface area contributed by atoms with Gasteiger partial charge in [0.1, 0.15) is 11.9 Å². The predicted octanol–water partition coefficient (Wildman–Crippen LogP) is 3.24. The van der Waals surface area contributed by atoms with Crippen LogP contribution in [-0.4, -0.2) is 25.8 Å². The van der Waals surface area contributed by atoms with Crippen LogP contribution in [0, 0.1) is 5.82 Å². The summed E-state index contributed by atoms with van der Waals surface area (Å²) in [6.07, 6.45) is 2.58. The lowest BCUT2D eigenvalue weighted by Crippen LogP contribution is -2.09. The van der Waals surface area contributed by atoms with Crippen molar-refractivity contribution in [3.8, 4) is 11.7 Å². The Bertz CT molecular complexity index is 862. The van der Waals surface area contributed by atoms with E-state index in [0.717, 1.165) is 5.56 Å². The number of carboxylic acids is 1. The van der Waals surface area contributed by atoms with Crippen LogP contribution in [0.2, 0.25) is 0 Å². The Morgan fingerprint density at radius 1 is 1.21 bits per heavy atom. The Kier molecular flexibility index (Phi) is 4.24. The second kappa shape index (κ2) is 6.49.